The number of allylic oxidation sites excluding steroid dienone is 1. The molecule has 116 valence electrons. The summed E-state index contributed by atoms with van der Waals surface area (Å²) in [6, 6.07) is 4.97. The summed E-state index contributed by atoms with van der Waals surface area (Å²) < 4.78 is 57.6. The Morgan fingerprint density at radius 3 is 2.10 bits per heavy atom. The topological polar surface area (TPSA) is 35.5 Å². The second-order valence-electron chi connectivity index (χ2n) is 4.78. The minimum atomic E-state index is -4.77. The molecule has 3 nitrogen and oxygen atoms in total. The van der Waals surface area contributed by atoms with Crippen LogP contribution in [0.1, 0.15) is 19.4 Å². The Morgan fingerprint density at radius 1 is 1.14 bits per heavy atom. The third-order valence-corrected chi connectivity index (χ3v) is 2.70. The van der Waals surface area contributed by atoms with Crippen LogP contribution in [0, 0.1) is 0 Å². The molecule has 0 N–H and O–H groups in total. The van der Waals surface area contributed by atoms with Gasteiger partial charge in [0.2, 0.25) is 5.83 Å². The highest BCUT2D eigenvalue weighted by atomic mass is 19.4. The number of carbonyl (C=O) groups is 1. The average Bonchev–Trinajstić information content (AvgIpc) is 2.35. The number of alkyl halides is 3. The number of methoxy groups -OCH3 is 1. The highest BCUT2D eigenvalue weighted by Crippen LogP contribution is 2.30. The van der Waals surface area contributed by atoms with Crippen LogP contribution in [0.2, 0.25) is 0 Å². The monoisotopic (exact) mass is 306 g/mol. The minimum absolute atomic E-state index is 0.375. The van der Waals surface area contributed by atoms with E-state index in [9.17, 15) is 22.4 Å². The number of hydrogen-bond acceptors (Lipinski definition) is 3. The summed E-state index contributed by atoms with van der Waals surface area (Å²) in [7, 11) is 1.05. The van der Waals surface area contributed by atoms with Crippen LogP contribution in [0.25, 0.3) is 0 Å². The van der Waals surface area contributed by atoms with Crippen molar-refractivity contribution in [2.75, 3.05) is 7.11 Å². The van der Waals surface area contributed by atoms with Gasteiger partial charge < -0.3 is 9.47 Å². The van der Waals surface area contributed by atoms with Crippen LogP contribution in [-0.2, 0) is 14.9 Å². The first-order valence-electron chi connectivity index (χ1n) is 5.88. The lowest BCUT2D eigenvalue weighted by atomic mass is 9.84. The molecule has 7 heteroatoms. The van der Waals surface area contributed by atoms with Crippen molar-refractivity contribution in [3.8, 4) is 5.75 Å². The van der Waals surface area contributed by atoms with Crippen molar-refractivity contribution in [1.29, 1.82) is 0 Å². The smallest absolute Gasteiger partial charge is 0.464 e. The predicted octanol–water partition coefficient (Wildman–Crippen LogP) is 3.89. The van der Waals surface area contributed by atoms with Crippen molar-refractivity contribution in [2.45, 2.75) is 25.6 Å². The van der Waals surface area contributed by atoms with Gasteiger partial charge in [0.1, 0.15) is 5.75 Å². The SMILES string of the molecule is COC(=O)C(F)=CC(C)(C)c1ccc(OC(F)(F)F)cc1. The molecule has 0 radical (unpaired) electrons. The first-order valence-corrected chi connectivity index (χ1v) is 5.88. The number of benzene rings is 1. The van der Waals surface area contributed by atoms with Gasteiger partial charge in [0, 0.05) is 5.41 Å². The largest absolute Gasteiger partial charge is 0.573 e. The van der Waals surface area contributed by atoms with E-state index in [1.54, 1.807) is 13.8 Å². The zero-order valence-electron chi connectivity index (χ0n) is 11.6. The number of ether oxygens (including phenoxy) is 2. The molecule has 0 fully saturated rings. The first kappa shape index (κ1) is 17.0. The van der Waals surface area contributed by atoms with Crippen LogP contribution in [0.3, 0.4) is 0 Å². The Labute approximate surface area is 119 Å². The molecule has 0 saturated carbocycles. The Hall–Kier alpha value is -2.05. The van der Waals surface area contributed by atoms with Crippen LogP contribution in [-0.4, -0.2) is 19.4 Å². The average molecular weight is 306 g/mol. The van der Waals surface area contributed by atoms with Gasteiger partial charge >= 0.3 is 12.3 Å². The number of hydrogen-bond donors (Lipinski definition) is 0. The molecule has 0 amide bonds. The molecular weight excluding hydrogens is 292 g/mol. The van der Waals surface area contributed by atoms with E-state index in [2.05, 4.69) is 9.47 Å². The molecular formula is C14H14F4O3. The van der Waals surface area contributed by atoms with Gasteiger partial charge in [0.25, 0.3) is 0 Å². The molecule has 0 atom stereocenters. The molecule has 1 aromatic carbocycles. The van der Waals surface area contributed by atoms with Gasteiger partial charge in [-0.1, -0.05) is 26.0 Å². The third-order valence-electron chi connectivity index (χ3n) is 2.70. The Kier molecular flexibility index (Phi) is 4.98. The number of esters is 1. The van der Waals surface area contributed by atoms with E-state index in [1.807, 2.05) is 0 Å². The molecule has 0 aromatic heterocycles. The summed E-state index contributed by atoms with van der Waals surface area (Å²) in [5, 5.41) is 0. The summed E-state index contributed by atoms with van der Waals surface area (Å²) in [5.74, 6) is -2.56. The normalized spacial score (nSPS) is 13.0. The van der Waals surface area contributed by atoms with Crippen LogP contribution in [0.5, 0.6) is 5.75 Å². The molecule has 1 rings (SSSR count). The van der Waals surface area contributed by atoms with Crippen LogP contribution in [0.4, 0.5) is 17.6 Å². The molecule has 1 aromatic rings. The molecule has 0 aliphatic rings. The second kappa shape index (κ2) is 6.15. The van der Waals surface area contributed by atoms with Crippen LogP contribution < -0.4 is 4.74 Å². The lowest BCUT2D eigenvalue weighted by molar-refractivity contribution is -0.274. The fourth-order valence-electron chi connectivity index (χ4n) is 1.64. The Balaban J connectivity index is 2.97. The second-order valence-corrected chi connectivity index (χ2v) is 4.78. The standard InChI is InChI=1S/C14H14F4O3/c1-13(2,8-11(15)12(19)20-3)9-4-6-10(7-5-9)21-14(16,17)18/h4-8H,1-3H3. The van der Waals surface area contributed by atoms with E-state index in [1.165, 1.54) is 12.1 Å². The van der Waals surface area contributed by atoms with E-state index >= 15 is 0 Å². The van der Waals surface area contributed by atoms with E-state index in [-0.39, 0.29) is 5.75 Å². The summed E-state index contributed by atoms with van der Waals surface area (Å²) in [6.45, 7) is 3.21. The first-order chi connectivity index (χ1) is 9.55. The van der Waals surface area contributed by atoms with E-state index in [0.717, 1.165) is 25.3 Å². The van der Waals surface area contributed by atoms with Gasteiger partial charge in [-0.3, -0.25) is 0 Å². The van der Waals surface area contributed by atoms with E-state index in [4.69, 9.17) is 0 Å². The fourth-order valence-corrected chi connectivity index (χ4v) is 1.64. The van der Waals surface area contributed by atoms with Crippen molar-refractivity contribution < 1.29 is 31.8 Å². The van der Waals surface area contributed by atoms with Crippen LogP contribution in [0.15, 0.2) is 36.2 Å². The highest BCUT2D eigenvalue weighted by molar-refractivity contribution is 5.86. The third kappa shape index (κ3) is 5.09. The maximum absolute atomic E-state index is 13.5. The summed E-state index contributed by atoms with van der Waals surface area (Å²) in [4.78, 5) is 11.0. The molecule has 0 spiro atoms. The summed E-state index contributed by atoms with van der Waals surface area (Å²) in [5.41, 5.74) is -0.397. The maximum Gasteiger partial charge on any atom is 0.573 e. The predicted molar refractivity (Wildman–Crippen MR) is 67.4 cm³/mol. The zero-order valence-corrected chi connectivity index (χ0v) is 11.6. The molecule has 0 aliphatic heterocycles. The quantitative estimate of drug-likeness (QED) is 0.481. The number of rotatable bonds is 4. The summed E-state index contributed by atoms with van der Waals surface area (Å²) >= 11 is 0. The van der Waals surface area contributed by atoms with Crippen molar-refractivity contribution >= 4 is 5.97 Å². The minimum Gasteiger partial charge on any atom is -0.464 e. The molecule has 0 bridgehead atoms. The summed E-state index contributed by atoms with van der Waals surface area (Å²) in [6.07, 6.45) is -3.73. The van der Waals surface area contributed by atoms with Crippen molar-refractivity contribution in [2.24, 2.45) is 0 Å². The maximum atomic E-state index is 13.5. The lowest BCUT2D eigenvalue weighted by Gasteiger charge is -2.21. The molecule has 0 saturated heterocycles. The van der Waals surface area contributed by atoms with Gasteiger partial charge in [0.15, 0.2) is 0 Å². The molecule has 0 aliphatic carbocycles. The van der Waals surface area contributed by atoms with Crippen molar-refractivity contribution in [3.63, 3.8) is 0 Å². The van der Waals surface area contributed by atoms with Gasteiger partial charge in [0.05, 0.1) is 7.11 Å². The Bertz CT molecular complexity index is 530. The van der Waals surface area contributed by atoms with Crippen molar-refractivity contribution in [3.05, 3.63) is 41.7 Å². The van der Waals surface area contributed by atoms with Crippen molar-refractivity contribution in [1.82, 2.24) is 0 Å². The van der Waals surface area contributed by atoms with Gasteiger partial charge in [-0.25, -0.2) is 4.79 Å². The van der Waals surface area contributed by atoms with Crippen LogP contribution >= 0.6 is 0 Å². The van der Waals surface area contributed by atoms with Gasteiger partial charge in [-0.2, -0.15) is 4.39 Å². The van der Waals surface area contributed by atoms with E-state index in [0.29, 0.717) is 5.56 Å². The number of carbonyl (C=O) groups excluding carboxylic acids is 1. The molecule has 21 heavy (non-hydrogen) atoms. The molecule has 0 heterocycles. The number of halogens is 4. The lowest BCUT2D eigenvalue weighted by Crippen LogP contribution is -2.18. The highest BCUT2D eigenvalue weighted by Gasteiger charge is 2.31. The van der Waals surface area contributed by atoms with Gasteiger partial charge in [-0.15, -0.1) is 13.2 Å². The fraction of sp³-hybridized carbons (Fsp3) is 0.357. The van der Waals surface area contributed by atoms with Gasteiger partial charge in [-0.05, 0) is 23.8 Å². The Morgan fingerprint density at radius 2 is 1.67 bits per heavy atom. The molecule has 0 unspecified atom stereocenters. The van der Waals surface area contributed by atoms with E-state index < -0.39 is 23.6 Å². The zero-order chi connectivity index (χ0) is 16.3.